The lowest BCUT2D eigenvalue weighted by Gasteiger charge is -2.11. The van der Waals surface area contributed by atoms with Crippen LogP contribution < -0.4 is 5.01 Å². The van der Waals surface area contributed by atoms with Gasteiger partial charge in [0.05, 0.1) is 23.0 Å². The number of carbonyl (C=O) groups is 1. The van der Waals surface area contributed by atoms with E-state index < -0.39 is 4.92 Å². The number of nitrogens with zero attached hydrogens (tertiary/aromatic N) is 3. The Morgan fingerprint density at radius 3 is 2.78 bits per heavy atom. The van der Waals surface area contributed by atoms with E-state index in [0.717, 1.165) is 0 Å². The summed E-state index contributed by atoms with van der Waals surface area (Å²) >= 11 is 5.93. The average molecular weight is 332 g/mol. The lowest BCUT2D eigenvalue weighted by atomic mass is 10.1. The summed E-state index contributed by atoms with van der Waals surface area (Å²) in [4.78, 5) is 22.5. The smallest absolute Gasteiger partial charge is 0.401 e. The van der Waals surface area contributed by atoms with E-state index in [1.54, 1.807) is 31.2 Å². The maximum Gasteiger partial charge on any atom is 0.433 e. The fourth-order valence-electron chi connectivity index (χ4n) is 2.13. The number of hydrogen-bond donors (Lipinski definition) is 0. The van der Waals surface area contributed by atoms with Gasteiger partial charge in [-0.05, 0) is 37.3 Å². The summed E-state index contributed by atoms with van der Waals surface area (Å²) in [6.45, 7) is 1.67. The minimum Gasteiger partial charge on any atom is -0.401 e. The number of hydrogen-bond acceptors (Lipinski definition) is 5. The van der Waals surface area contributed by atoms with Crippen LogP contribution in [0.3, 0.4) is 0 Å². The van der Waals surface area contributed by atoms with Crippen molar-refractivity contribution in [1.82, 2.24) is 0 Å². The number of hydrazone groups is 1. The van der Waals surface area contributed by atoms with Crippen molar-refractivity contribution in [2.75, 3.05) is 5.01 Å². The monoisotopic (exact) mass is 331 g/mol. The van der Waals surface area contributed by atoms with Crippen LogP contribution in [0.1, 0.15) is 12.7 Å². The number of furan rings is 1. The van der Waals surface area contributed by atoms with Gasteiger partial charge in [-0.3, -0.25) is 14.9 Å². The van der Waals surface area contributed by atoms with Crippen molar-refractivity contribution >= 4 is 40.9 Å². The van der Waals surface area contributed by atoms with Crippen molar-refractivity contribution in [2.45, 2.75) is 6.92 Å². The Balaban J connectivity index is 1.93. The minimum absolute atomic E-state index is 0.211. The Morgan fingerprint density at radius 1 is 1.35 bits per heavy atom. The van der Waals surface area contributed by atoms with Gasteiger partial charge in [0.15, 0.2) is 0 Å². The summed E-state index contributed by atoms with van der Waals surface area (Å²) < 4.78 is 5.04. The second-order valence-electron chi connectivity index (χ2n) is 4.77. The fraction of sp³-hybridized carbons (Fsp3) is 0.0667. The number of nitro groups is 1. The van der Waals surface area contributed by atoms with E-state index in [1.165, 1.54) is 23.2 Å². The molecule has 0 aliphatic carbocycles. The van der Waals surface area contributed by atoms with Gasteiger partial charge in [0.2, 0.25) is 0 Å². The van der Waals surface area contributed by atoms with E-state index in [2.05, 4.69) is 5.10 Å². The summed E-state index contributed by atoms with van der Waals surface area (Å²) in [6, 6.07) is 9.40. The van der Waals surface area contributed by atoms with Gasteiger partial charge in [-0.25, -0.2) is 0 Å². The molecule has 1 aromatic heterocycles. The zero-order chi connectivity index (χ0) is 16.6. The predicted molar refractivity (Wildman–Crippen MR) is 85.4 cm³/mol. The van der Waals surface area contributed by atoms with Gasteiger partial charge in [-0.15, -0.1) is 0 Å². The highest BCUT2D eigenvalue weighted by Gasteiger charge is 2.29. The molecule has 0 fully saturated rings. The summed E-state index contributed by atoms with van der Waals surface area (Å²) in [5, 5.41) is 16.5. The van der Waals surface area contributed by atoms with Crippen LogP contribution in [0.15, 0.2) is 51.5 Å². The molecule has 1 aromatic carbocycles. The molecule has 7 nitrogen and oxygen atoms in total. The standard InChI is InChI=1S/C15H10ClN3O4/c1-9-13(8-12-5-6-14(23-12)19(21)22)15(20)18(17-9)11-4-2-3-10(16)7-11/h2-8H,1H3. The first-order chi connectivity index (χ1) is 11.0. The largest absolute Gasteiger partial charge is 0.433 e. The lowest BCUT2D eigenvalue weighted by Crippen LogP contribution is -2.21. The topological polar surface area (TPSA) is 89.0 Å². The van der Waals surface area contributed by atoms with Crippen molar-refractivity contribution in [2.24, 2.45) is 5.10 Å². The van der Waals surface area contributed by atoms with Crippen LogP contribution in [-0.4, -0.2) is 16.5 Å². The third-order valence-corrected chi connectivity index (χ3v) is 3.43. The Morgan fingerprint density at radius 2 is 2.13 bits per heavy atom. The van der Waals surface area contributed by atoms with Gasteiger partial charge in [0, 0.05) is 5.02 Å². The molecule has 0 radical (unpaired) electrons. The van der Waals surface area contributed by atoms with E-state index in [1.807, 2.05) is 0 Å². The van der Waals surface area contributed by atoms with Crippen LogP contribution in [0, 0.1) is 10.1 Å². The molecular weight excluding hydrogens is 322 g/mol. The molecule has 1 aliphatic rings. The summed E-state index contributed by atoms with van der Waals surface area (Å²) in [6.07, 6.45) is 1.43. The number of amides is 1. The molecule has 1 amide bonds. The van der Waals surface area contributed by atoms with Gasteiger partial charge in [0.1, 0.15) is 10.7 Å². The highest BCUT2D eigenvalue weighted by atomic mass is 35.5. The van der Waals surface area contributed by atoms with Crippen molar-refractivity contribution in [3.05, 3.63) is 62.9 Å². The molecule has 0 saturated heterocycles. The molecule has 0 spiro atoms. The number of rotatable bonds is 3. The quantitative estimate of drug-likeness (QED) is 0.488. The van der Waals surface area contributed by atoms with E-state index in [9.17, 15) is 14.9 Å². The van der Waals surface area contributed by atoms with E-state index in [-0.39, 0.29) is 17.6 Å². The van der Waals surface area contributed by atoms with Crippen LogP contribution in [0.4, 0.5) is 11.6 Å². The molecule has 1 aliphatic heterocycles. The molecule has 2 heterocycles. The molecule has 0 N–H and O–H groups in total. The Labute approximate surface area is 135 Å². The maximum atomic E-state index is 12.5. The van der Waals surface area contributed by atoms with E-state index in [0.29, 0.717) is 22.0 Å². The Bertz CT molecular complexity index is 869. The second-order valence-corrected chi connectivity index (χ2v) is 5.21. The van der Waals surface area contributed by atoms with Gasteiger partial charge in [0.25, 0.3) is 5.91 Å². The van der Waals surface area contributed by atoms with Gasteiger partial charge in [-0.1, -0.05) is 17.7 Å². The number of anilines is 1. The molecule has 23 heavy (non-hydrogen) atoms. The highest BCUT2D eigenvalue weighted by Crippen LogP contribution is 2.27. The fourth-order valence-corrected chi connectivity index (χ4v) is 2.31. The SMILES string of the molecule is CC1=NN(c2cccc(Cl)c2)C(=O)C1=Cc1ccc([N+](=O)[O-])o1. The molecule has 0 bridgehead atoms. The first kappa shape index (κ1) is 15.0. The molecule has 8 heteroatoms. The van der Waals surface area contributed by atoms with Crippen LogP contribution in [-0.2, 0) is 4.79 Å². The molecule has 116 valence electrons. The van der Waals surface area contributed by atoms with Gasteiger partial charge < -0.3 is 4.42 Å². The highest BCUT2D eigenvalue weighted by molar-refractivity contribution is 6.33. The van der Waals surface area contributed by atoms with Crippen LogP contribution in [0.5, 0.6) is 0 Å². The normalized spacial score (nSPS) is 16.1. The Kier molecular flexibility index (Phi) is 3.71. The number of carbonyl (C=O) groups excluding carboxylic acids is 1. The number of halogens is 1. The molecule has 0 atom stereocenters. The Hall–Kier alpha value is -2.93. The van der Waals surface area contributed by atoms with Crippen LogP contribution in [0.25, 0.3) is 6.08 Å². The van der Waals surface area contributed by atoms with E-state index in [4.69, 9.17) is 16.0 Å². The molecule has 2 aromatic rings. The molecule has 0 unspecified atom stereocenters. The van der Waals surface area contributed by atoms with Crippen molar-refractivity contribution < 1.29 is 14.1 Å². The summed E-state index contributed by atoms with van der Waals surface area (Å²) in [5.41, 5.74) is 1.32. The van der Waals surface area contributed by atoms with Gasteiger partial charge in [-0.2, -0.15) is 10.1 Å². The third kappa shape index (κ3) is 2.86. The first-order valence-electron chi connectivity index (χ1n) is 6.57. The zero-order valence-corrected chi connectivity index (χ0v) is 12.6. The maximum absolute atomic E-state index is 12.5. The van der Waals surface area contributed by atoms with Gasteiger partial charge >= 0.3 is 5.88 Å². The zero-order valence-electron chi connectivity index (χ0n) is 11.9. The third-order valence-electron chi connectivity index (χ3n) is 3.19. The second kappa shape index (κ2) is 5.69. The van der Waals surface area contributed by atoms with E-state index >= 15 is 0 Å². The summed E-state index contributed by atoms with van der Waals surface area (Å²) in [7, 11) is 0. The predicted octanol–water partition coefficient (Wildman–Crippen LogP) is 3.65. The van der Waals surface area contributed by atoms with Crippen LogP contribution >= 0.6 is 11.6 Å². The lowest BCUT2D eigenvalue weighted by molar-refractivity contribution is -0.402. The molecular formula is C15H10ClN3O4. The average Bonchev–Trinajstić information content (AvgIpc) is 3.08. The molecule has 0 saturated carbocycles. The van der Waals surface area contributed by atoms with Crippen molar-refractivity contribution in [1.29, 1.82) is 0 Å². The number of benzene rings is 1. The van der Waals surface area contributed by atoms with Crippen LogP contribution in [0.2, 0.25) is 5.02 Å². The minimum atomic E-state index is -0.641. The van der Waals surface area contributed by atoms with Crippen molar-refractivity contribution in [3.63, 3.8) is 0 Å². The van der Waals surface area contributed by atoms with Crippen molar-refractivity contribution in [3.8, 4) is 0 Å². The molecule has 3 rings (SSSR count). The summed E-state index contributed by atoms with van der Waals surface area (Å²) in [5.74, 6) is -0.532. The first-order valence-corrected chi connectivity index (χ1v) is 6.95.